The summed E-state index contributed by atoms with van der Waals surface area (Å²) in [7, 11) is 0. The van der Waals surface area contributed by atoms with E-state index in [-0.39, 0.29) is 42.8 Å². The number of nitrogens with zero attached hydrogens (tertiary/aromatic N) is 2. The second-order valence-electron chi connectivity index (χ2n) is 9.80. The lowest BCUT2D eigenvalue weighted by Crippen LogP contribution is -2.48. The summed E-state index contributed by atoms with van der Waals surface area (Å²) < 4.78 is 5.98. The molecule has 0 radical (unpaired) electrons. The molecule has 0 saturated heterocycles. The number of hydrogen-bond donors (Lipinski definition) is 3. The Balaban J connectivity index is 1.54. The van der Waals surface area contributed by atoms with Crippen molar-refractivity contribution in [2.75, 3.05) is 26.2 Å². The topological polar surface area (TPSA) is 116 Å². The molecule has 0 bridgehead atoms. The lowest BCUT2D eigenvalue weighted by molar-refractivity contribution is -0.123. The first kappa shape index (κ1) is 26.0. The highest BCUT2D eigenvalue weighted by atomic mass is 35.5. The zero-order valence-corrected chi connectivity index (χ0v) is 21.6. The number of hydrogen-bond acceptors (Lipinski definition) is 5. The molecule has 3 N–H and O–H groups in total. The molecular weight excluding hydrogens is 482 g/mol. The van der Waals surface area contributed by atoms with Gasteiger partial charge in [-0.1, -0.05) is 25.4 Å². The van der Waals surface area contributed by atoms with Crippen LogP contribution < -0.4 is 15.4 Å². The van der Waals surface area contributed by atoms with Crippen molar-refractivity contribution < 1.29 is 19.1 Å². The molecular formula is C26H34ClN5O4. The van der Waals surface area contributed by atoms with E-state index in [0.29, 0.717) is 48.0 Å². The van der Waals surface area contributed by atoms with E-state index in [1.54, 1.807) is 23.1 Å². The van der Waals surface area contributed by atoms with Crippen LogP contribution in [0.2, 0.25) is 5.02 Å². The van der Waals surface area contributed by atoms with Gasteiger partial charge in [0.2, 0.25) is 5.91 Å². The van der Waals surface area contributed by atoms with Gasteiger partial charge in [-0.05, 0) is 62.6 Å². The fraction of sp³-hybridized carbons (Fsp3) is 0.538. The molecule has 10 heteroatoms. The third-order valence-electron chi connectivity index (χ3n) is 6.78. The SMILES string of the molecule is CC(C)[C@H]1COc2ccc(Cl)cc2C(=O)NCCCCN(C(=O)c2n[nH]c3c2CCCC3)CC(=O)N1. The first-order valence-electron chi connectivity index (χ1n) is 12.7. The summed E-state index contributed by atoms with van der Waals surface area (Å²) in [4.78, 5) is 41.0. The molecule has 1 aliphatic carbocycles. The summed E-state index contributed by atoms with van der Waals surface area (Å²) in [5.74, 6) is -0.292. The Hall–Kier alpha value is -3.07. The largest absolute Gasteiger partial charge is 0.491 e. The van der Waals surface area contributed by atoms with E-state index in [1.165, 1.54) is 0 Å². The smallest absolute Gasteiger partial charge is 0.275 e. The summed E-state index contributed by atoms with van der Waals surface area (Å²) >= 11 is 6.13. The van der Waals surface area contributed by atoms with Crippen molar-refractivity contribution in [1.29, 1.82) is 0 Å². The number of ether oxygens (including phenoxy) is 1. The molecule has 9 nitrogen and oxygen atoms in total. The third kappa shape index (κ3) is 6.19. The van der Waals surface area contributed by atoms with Gasteiger partial charge in [0.15, 0.2) is 5.69 Å². The van der Waals surface area contributed by atoms with E-state index in [2.05, 4.69) is 20.8 Å². The fourth-order valence-corrected chi connectivity index (χ4v) is 4.77. The molecule has 0 fully saturated rings. The van der Waals surface area contributed by atoms with Gasteiger partial charge in [-0.25, -0.2) is 0 Å². The Morgan fingerprint density at radius 2 is 1.97 bits per heavy atom. The number of H-pyrrole nitrogens is 1. The average molecular weight is 516 g/mol. The monoisotopic (exact) mass is 515 g/mol. The number of fused-ring (bicyclic) bond motifs is 2. The average Bonchev–Trinajstić information content (AvgIpc) is 3.29. The van der Waals surface area contributed by atoms with Crippen molar-refractivity contribution in [2.45, 2.75) is 58.4 Å². The number of rotatable bonds is 2. The minimum absolute atomic E-state index is 0.0664. The molecule has 0 unspecified atom stereocenters. The molecule has 36 heavy (non-hydrogen) atoms. The maximum atomic E-state index is 13.5. The van der Waals surface area contributed by atoms with E-state index < -0.39 is 0 Å². The molecule has 2 heterocycles. The zero-order chi connectivity index (χ0) is 25.7. The van der Waals surface area contributed by atoms with Crippen LogP contribution >= 0.6 is 11.6 Å². The fourth-order valence-electron chi connectivity index (χ4n) is 4.60. The van der Waals surface area contributed by atoms with E-state index in [9.17, 15) is 14.4 Å². The summed E-state index contributed by atoms with van der Waals surface area (Å²) in [5, 5.41) is 13.7. The van der Waals surface area contributed by atoms with Crippen LogP contribution in [0.4, 0.5) is 0 Å². The predicted octanol–water partition coefficient (Wildman–Crippen LogP) is 3.13. The van der Waals surface area contributed by atoms with E-state index in [4.69, 9.17) is 16.3 Å². The number of aromatic amines is 1. The normalized spacial score (nSPS) is 19.8. The minimum Gasteiger partial charge on any atom is -0.491 e. The number of carbonyl (C=O) groups is 3. The highest BCUT2D eigenvalue weighted by Gasteiger charge is 2.28. The van der Waals surface area contributed by atoms with Gasteiger partial charge in [-0.2, -0.15) is 5.10 Å². The van der Waals surface area contributed by atoms with E-state index in [1.807, 2.05) is 13.8 Å². The second kappa shape index (κ2) is 11.8. The van der Waals surface area contributed by atoms with Gasteiger partial charge in [0.1, 0.15) is 12.4 Å². The van der Waals surface area contributed by atoms with Gasteiger partial charge in [-0.3, -0.25) is 19.5 Å². The Bertz CT molecular complexity index is 1120. The lowest BCUT2D eigenvalue weighted by atomic mass is 9.95. The van der Waals surface area contributed by atoms with Crippen molar-refractivity contribution in [1.82, 2.24) is 25.7 Å². The molecule has 3 amide bonds. The van der Waals surface area contributed by atoms with Gasteiger partial charge in [-0.15, -0.1) is 0 Å². The van der Waals surface area contributed by atoms with Gasteiger partial charge < -0.3 is 20.3 Å². The number of amides is 3. The van der Waals surface area contributed by atoms with E-state index >= 15 is 0 Å². The number of benzene rings is 1. The van der Waals surface area contributed by atoms with Crippen molar-refractivity contribution >= 4 is 29.3 Å². The van der Waals surface area contributed by atoms with Crippen LogP contribution in [0.3, 0.4) is 0 Å². The molecule has 1 atom stereocenters. The van der Waals surface area contributed by atoms with Crippen LogP contribution in [0.1, 0.15) is 71.6 Å². The van der Waals surface area contributed by atoms with Gasteiger partial charge in [0.05, 0.1) is 18.2 Å². The summed E-state index contributed by atoms with van der Waals surface area (Å²) in [5.41, 5.74) is 2.76. The predicted molar refractivity (Wildman–Crippen MR) is 136 cm³/mol. The second-order valence-corrected chi connectivity index (χ2v) is 10.2. The number of aryl methyl sites for hydroxylation is 1. The Kier molecular flexibility index (Phi) is 8.51. The van der Waals surface area contributed by atoms with Gasteiger partial charge >= 0.3 is 0 Å². The lowest BCUT2D eigenvalue weighted by Gasteiger charge is -2.26. The number of carbonyl (C=O) groups excluding carboxylic acids is 3. The number of nitrogens with one attached hydrogen (secondary N) is 3. The Morgan fingerprint density at radius 1 is 1.17 bits per heavy atom. The number of aromatic nitrogens is 2. The first-order chi connectivity index (χ1) is 17.3. The molecule has 0 spiro atoms. The maximum Gasteiger partial charge on any atom is 0.275 e. The Labute approximate surface area is 216 Å². The summed E-state index contributed by atoms with van der Waals surface area (Å²) in [6.45, 7) is 4.88. The number of halogens is 1. The van der Waals surface area contributed by atoms with Crippen molar-refractivity contribution in [3.05, 3.63) is 45.7 Å². The highest BCUT2D eigenvalue weighted by Crippen LogP contribution is 2.25. The van der Waals surface area contributed by atoms with Crippen LogP contribution in [0, 0.1) is 5.92 Å². The Morgan fingerprint density at radius 3 is 2.78 bits per heavy atom. The molecule has 2 aromatic rings. The van der Waals surface area contributed by atoms with Crippen molar-refractivity contribution in [3.63, 3.8) is 0 Å². The molecule has 4 rings (SSSR count). The summed E-state index contributed by atoms with van der Waals surface area (Å²) in [6, 6.07) is 4.60. The highest BCUT2D eigenvalue weighted by molar-refractivity contribution is 6.31. The molecule has 0 saturated carbocycles. The first-order valence-corrected chi connectivity index (χ1v) is 13.1. The molecule has 1 aromatic heterocycles. The quantitative estimate of drug-likeness (QED) is 0.568. The van der Waals surface area contributed by atoms with Crippen LogP contribution in [-0.4, -0.2) is 65.1 Å². The standard InChI is InChI=1S/C26H34ClN5O4/c1-16(2)21-15-36-22-10-9-17(27)13-19(22)25(34)28-11-5-6-12-32(14-23(33)29-21)26(35)24-18-7-3-4-8-20(18)30-31-24/h9-10,13,16,21H,3-8,11-12,14-15H2,1-2H3,(H,28,34)(H,29,33)(H,30,31)/t21-/m1/s1. The van der Waals surface area contributed by atoms with Crippen LogP contribution in [0.5, 0.6) is 5.75 Å². The molecule has 2 aliphatic rings. The van der Waals surface area contributed by atoms with Crippen LogP contribution in [0.25, 0.3) is 0 Å². The maximum absolute atomic E-state index is 13.5. The molecule has 194 valence electrons. The molecule has 1 aliphatic heterocycles. The van der Waals surface area contributed by atoms with Crippen molar-refractivity contribution in [3.8, 4) is 5.75 Å². The van der Waals surface area contributed by atoms with Crippen LogP contribution in [0.15, 0.2) is 18.2 Å². The minimum atomic E-state index is -0.315. The summed E-state index contributed by atoms with van der Waals surface area (Å²) in [6.07, 6.45) is 5.07. The van der Waals surface area contributed by atoms with Gasteiger partial charge in [0, 0.05) is 29.4 Å². The zero-order valence-electron chi connectivity index (χ0n) is 20.9. The third-order valence-corrected chi connectivity index (χ3v) is 7.01. The van der Waals surface area contributed by atoms with Crippen LogP contribution in [-0.2, 0) is 17.6 Å². The molecule has 1 aromatic carbocycles. The van der Waals surface area contributed by atoms with Gasteiger partial charge in [0.25, 0.3) is 11.8 Å². The van der Waals surface area contributed by atoms with Crippen molar-refractivity contribution in [2.24, 2.45) is 5.92 Å². The van der Waals surface area contributed by atoms with E-state index in [0.717, 1.165) is 36.9 Å².